The number of hydrogen-bond acceptors (Lipinski definition) is 4. The number of rotatable bonds is 7. The van der Waals surface area contributed by atoms with Crippen molar-refractivity contribution >= 4 is 11.7 Å². The quantitative estimate of drug-likeness (QED) is 0.473. The average Bonchev–Trinajstić information content (AvgIpc) is 2.47. The van der Waals surface area contributed by atoms with Gasteiger partial charge in [0, 0.05) is 25.0 Å². The first kappa shape index (κ1) is 16.2. The predicted molar refractivity (Wildman–Crippen MR) is 83.3 cm³/mol. The SMILES string of the molecule is C=CCN(CC=C)C(=O)/C(C#N)=C\Nc1cccc(C)n1. The fraction of sp³-hybridized carbons (Fsp3) is 0.188. The molecule has 0 radical (unpaired) electrons. The number of nitrogens with one attached hydrogen (secondary N) is 1. The Kier molecular flexibility index (Phi) is 6.42. The summed E-state index contributed by atoms with van der Waals surface area (Å²) in [6, 6.07) is 7.36. The van der Waals surface area contributed by atoms with Gasteiger partial charge in [0.15, 0.2) is 0 Å². The number of aromatic nitrogens is 1. The summed E-state index contributed by atoms with van der Waals surface area (Å²) in [5.74, 6) is 0.201. The monoisotopic (exact) mass is 282 g/mol. The molecule has 0 spiro atoms. The highest BCUT2D eigenvalue weighted by molar-refractivity contribution is 5.97. The first-order valence-corrected chi connectivity index (χ1v) is 6.44. The third-order valence-corrected chi connectivity index (χ3v) is 2.59. The third-order valence-electron chi connectivity index (χ3n) is 2.59. The average molecular weight is 282 g/mol. The second-order valence-corrected chi connectivity index (χ2v) is 4.27. The zero-order chi connectivity index (χ0) is 15.7. The van der Waals surface area contributed by atoms with E-state index in [1.54, 1.807) is 18.2 Å². The van der Waals surface area contributed by atoms with Crippen LogP contribution >= 0.6 is 0 Å². The zero-order valence-electron chi connectivity index (χ0n) is 12.0. The van der Waals surface area contributed by atoms with Crippen LogP contribution in [0.4, 0.5) is 5.82 Å². The smallest absolute Gasteiger partial charge is 0.266 e. The molecule has 5 heteroatoms. The Hall–Kier alpha value is -2.87. The summed E-state index contributed by atoms with van der Waals surface area (Å²) < 4.78 is 0. The molecule has 108 valence electrons. The Morgan fingerprint density at radius 2 is 2.10 bits per heavy atom. The van der Waals surface area contributed by atoms with Crippen molar-refractivity contribution < 1.29 is 4.79 Å². The molecule has 1 aromatic heterocycles. The summed E-state index contributed by atoms with van der Waals surface area (Å²) in [4.78, 5) is 17.9. The number of carbonyl (C=O) groups excluding carboxylic acids is 1. The minimum Gasteiger partial charge on any atom is -0.345 e. The second-order valence-electron chi connectivity index (χ2n) is 4.27. The molecule has 0 aliphatic rings. The van der Waals surface area contributed by atoms with Gasteiger partial charge < -0.3 is 10.2 Å². The molecule has 1 aromatic rings. The van der Waals surface area contributed by atoms with Crippen LogP contribution < -0.4 is 5.32 Å². The molecule has 5 nitrogen and oxygen atoms in total. The maximum atomic E-state index is 12.2. The number of pyridine rings is 1. The topological polar surface area (TPSA) is 69.0 Å². The van der Waals surface area contributed by atoms with Crippen LogP contribution in [-0.4, -0.2) is 28.9 Å². The molecule has 21 heavy (non-hydrogen) atoms. The van der Waals surface area contributed by atoms with E-state index in [9.17, 15) is 4.79 Å². The molecule has 0 unspecified atom stereocenters. The first-order chi connectivity index (χ1) is 10.1. The number of nitrogens with zero attached hydrogens (tertiary/aromatic N) is 3. The summed E-state index contributed by atoms with van der Waals surface area (Å²) in [6.07, 6.45) is 4.57. The van der Waals surface area contributed by atoms with Crippen LogP contribution in [-0.2, 0) is 4.79 Å². The van der Waals surface area contributed by atoms with Gasteiger partial charge in [-0.05, 0) is 19.1 Å². The Morgan fingerprint density at radius 1 is 1.43 bits per heavy atom. The molecule has 0 fully saturated rings. The third kappa shape index (κ3) is 4.96. The van der Waals surface area contributed by atoms with Crippen molar-refractivity contribution in [2.45, 2.75) is 6.92 Å². The lowest BCUT2D eigenvalue weighted by atomic mass is 10.2. The normalized spacial score (nSPS) is 10.4. The molecule has 1 heterocycles. The number of carbonyl (C=O) groups is 1. The van der Waals surface area contributed by atoms with E-state index in [0.717, 1.165) is 5.69 Å². The minimum absolute atomic E-state index is 0.00186. The maximum absolute atomic E-state index is 12.2. The first-order valence-electron chi connectivity index (χ1n) is 6.44. The number of aryl methyl sites for hydroxylation is 1. The molecule has 0 saturated heterocycles. The van der Waals surface area contributed by atoms with E-state index in [1.807, 2.05) is 25.1 Å². The van der Waals surface area contributed by atoms with Crippen molar-refractivity contribution in [1.82, 2.24) is 9.88 Å². The van der Waals surface area contributed by atoms with E-state index in [0.29, 0.717) is 18.9 Å². The molecule has 0 aliphatic carbocycles. The highest BCUT2D eigenvalue weighted by Gasteiger charge is 2.15. The van der Waals surface area contributed by atoms with Gasteiger partial charge in [0.25, 0.3) is 5.91 Å². The van der Waals surface area contributed by atoms with Crippen molar-refractivity contribution in [3.05, 3.63) is 61.0 Å². The summed E-state index contributed by atoms with van der Waals surface area (Å²) >= 11 is 0. The number of anilines is 1. The molecule has 1 N–H and O–H groups in total. The summed E-state index contributed by atoms with van der Waals surface area (Å²) in [7, 11) is 0. The van der Waals surface area contributed by atoms with Gasteiger partial charge in [0.2, 0.25) is 0 Å². The van der Waals surface area contributed by atoms with E-state index >= 15 is 0 Å². The highest BCUT2D eigenvalue weighted by Crippen LogP contribution is 2.07. The summed E-state index contributed by atoms with van der Waals surface area (Å²) in [5.41, 5.74) is 0.847. The van der Waals surface area contributed by atoms with Gasteiger partial charge in [-0.1, -0.05) is 18.2 Å². The zero-order valence-corrected chi connectivity index (χ0v) is 12.0. The lowest BCUT2D eigenvalue weighted by Crippen LogP contribution is -2.32. The van der Waals surface area contributed by atoms with Crippen molar-refractivity contribution in [2.24, 2.45) is 0 Å². The van der Waals surface area contributed by atoms with Crippen LogP contribution in [0, 0.1) is 18.3 Å². The summed E-state index contributed by atoms with van der Waals surface area (Å²) in [6.45, 7) is 9.76. The van der Waals surface area contributed by atoms with E-state index in [1.165, 1.54) is 11.1 Å². The van der Waals surface area contributed by atoms with Gasteiger partial charge in [-0.3, -0.25) is 4.79 Å². The minimum atomic E-state index is -0.377. The van der Waals surface area contributed by atoms with Gasteiger partial charge in [0.1, 0.15) is 17.5 Å². The van der Waals surface area contributed by atoms with Crippen LogP contribution in [0.2, 0.25) is 0 Å². The summed E-state index contributed by atoms with van der Waals surface area (Å²) in [5, 5.41) is 12.0. The molecule has 1 rings (SSSR count). The molecule has 0 saturated carbocycles. The Balaban J connectivity index is 2.87. The van der Waals surface area contributed by atoms with Crippen molar-refractivity contribution in [1.29, 1.82) is 5.26 Å². The fourth-order valence-electron chi connectivity index (χ4n) is 1.63. The lowest BCUT2D eigenvalue weighted by Gasteiger charge is -2.18. The standard InChI is InChI=1S/C16H18N4O/c1-4-9-20(10-5-2)16(21)14(11-17)12-18-15-8-6-7-13(3)19-15/h4-8,12H,1-2,9-10H2,3H3,(H,18,19)/b14-12-. The van der Waals surface area contributed by atoms with Gasteiger partial charge in [-0.2, -0.15) is 5.26 Å². The molecule has 0 aliphatic heterocycles. The van der Waals surface area contributed by atoms with Gasteiger partial charge in [0.05, 0.1) is 0 Å². The van der Waals surface area contributed by atoms with E-state index in [2.05, 4.69) is 23.5 Å². The maximum Gasteiger partial charge on any atom is 0.266 e. The predicted octanol–water partition coefficient (Wildman–Crippen LogP) is 2.41. The van der Waals surface area contributed by atoms with Crippen LogP contribution in [0.3, 0.4) is 0 Å². The van der Waals surface area contributed by atoms with Crippen molar-refractivity contribution in [3.8, 4) is 6.07 Å². The second kappa shape index (κ2) is 8.33. The number of hydrogen-bond donors (Lipinski definition) is 1. The van der Waals surface area contributed by atoms with E-state index in [4.69, 9.17) is 5.26 Å². The molecular weight excluding hydrogens is 264 g/mol. The largest absolute Gasteiger partial charge is 0.345 e. The molecule has 0 atom stereocenters. The molecule has 1 amide bonds. The Bertz CT molecular complexity index is 589. The molecule has 0 bridgehead atoms. The van der Waals surface area contributed by atoms with Gasteiger partial charge >= 0.3 is 0 Å². The van der Waals surface area contributed by atoms with Gasteiger partial charge in [-0.15, -0.1) is 13.2 Å². The van der Waals surface area contributed by atoms with Crippen LogP contribution in [0.5, 0.6) is 0 Å². The highest BCUT2D eigenvalue weighted by atomic mass is 16.2. The van der Waals surface area contributed by atoms with Crippen LogP contribution in [0.25, 0.3) is 0 Å². The Morgan fingerprint density at radius 3 is 2.62 bits per heavy atom. The molecular formula is C16H18N4O. The molecule has 0 aromatic carbocycles. The van der Waals surface area contributed by atoms with E-state index < -0.39 is 0 Å². The number of nitriles is 1. The van der Waals surface area contributed by atoms with Crippen molar-refractivity contribution in [3.63, 3.8) is 0 Å². The van der Waals surface area contributed by atoms with Crippen molar-refractivity contribution in [2.75, 3.05) is 18.4 Å². The number of amides is 1. The lowest BCUT2D eigenvalue weighted by molar-refractivity contribution is -0.125. The van der Waals surface area contributed by atoms with Crippen LogP contribution in [0.15, 0.2) is 55.3 Å². The fourth-order valence-corrected chi connectivity index (χ4v) is 1.63. The Labute approximate surface area is 124 Å². The van der Waals surface area contributed by atoms with Crippen LogP contribution in [0.1, 0.15) is 5.69 Å². The van der Waals surface area contributed by atoms with E-state index in [-0.39, 0.29) is 11.5 Å². The van der Waals surface area contributed by atoms with Gasteiger partial charge in [-0.25, -0.2) is 4.98 Å².